The van der Waals surface area contributed by atoms with Crippen molar-refractivity contribution in [2.24, 2.45) is 17.3 Å². The molecule has 162 valence electrons. The molecular weight excluding hydrogens is 366 g/mol. The standard InChI is InChI=1S/C23H37N3O3/c1-3-26-21-19(14-23(15-24-22(21)28)8-10-29-11-9-23)20(25-26)13-16(2)12-17-4-6-18(27)7-5-17/h16-18,27H,3-15H2,1-2H3,(H,24,28)/t16-,17?,18?/m1/s1. The number of hydrogen-bond donors (Lipinski definition) is 2. The van der Waals surface area contributed by atoms with E-state index >= 15 is 0 Å². The van der Waals surface area contributed by atoms with Crippen molar-refractivity contribution in [2.75, 3.05) is 19.8 Å². The van der Waals surface area contributed by atoms with Gasteiger partial charge in [-0.25, -0.2) is 0 Å². The maximum atomic E-state index is 12.9. The van der Waals surface area contributed by atoms with E-state index in [0.717, 1.165) is 89.1 Å². The highest BCUT2D eigenvalue weighted by atomic mass is 16.5. The molecule has 3 aliphatic rings. The lowest BCUT2D eigenvalue weighted by molar-refractivity contribution is 0.0160. The lowest BCUT2D eigenvalue weighted by Gasteiger charge is -2.36. The quantitative estimate of drug-likeness (QED) is 0.792. The van der Waals surface area contributed by atoms with Crippen LogP contribution in [0.1, 0.15) is 80.5 Å². The maximum Gasteiger partial charge on any atom is 0.269 e. The van der Waals surface area contributed by atoms with E-state index in [9.17, 15) is 9.90 Å². The summed E-state index contributed by atoms with van der Waals surface area (Å²) in [6.07, 6.45) is 9.14. The first-order chi connectivity index (χ1) is 14.0. The van der Waals surface area contributed by atoms with E-state index in [-0.39, 0.29) is 17.4 Å². The third-order valence-corrected chi connectivity index (χ3v) is 7.47. The van der Waals surface area contributed by atoms with Crippen LogP contribution >= 0.6 is 0 Å². The summed E-state index contributed by atoms with van der Waals surface area (Å²) in [4.78, 5) is 12.9. The molecule has 1 aromatic heterocycles. The molecular formula is C23H37N3O3. The van der Waals surface area contributed by atoms with Crippen LogP contribution in [0.15, 0.2) is 0 Å². The second-order valence-corrected chi connectivity index (χ2v) is 9.78. The van der Waals surface area contributed by atoms with E-state index in [4.69, 9.17) is 9.84 Å². The van der Waals surface area contributed by atoms with Gasteiger partial charge >= 0.3 is 0 Å². The summed E-state index contributed by atoms with van der Waals surface area (Å²) in [6.45, 7) is 7.42. The number of nitrogens with one attached hydrogen (secondary N) is 1. The molecule has 6 nitrogen and oxygen atoms in total. The average molecular weight is 404 g/mol. The maximum absolute atomic E-state index is 12.9. The van der Waals surface area contributed by atoms with Crippen molar-refractivity contribution in [1.29, 1.82) is 0 Å². The Morgan fingerprint density at radius 2 is 2.00 bits per heavy atom. The summed E-state index contributed by atoms with van der Waals surface area (Å²) in [5.41, 5.74) is 3.22. The number of aliphatic hydroxyl groups excluding tert-OH is 1. The van der Waals surface area contributed by atoms with Crippen molar-refractivity contribution in [3.05, 3.63) is 17.0 Å². The van der Waals surface area contributed by atoms with Crippen LogP contribution in [0.25, 0.3) is 0 Å². The molecule has 0 radical (unpaired) electrons. The highest BCUT2D eigenvalue weighted by Gasteiger charge is 2.39. The van der Waals surface area contributed by atoms with Gasteiger partial charge in [-0.05, 0) is 82.0 Å². The summed E-state index contributed by atoms with van der Waals surface area (Å²) in [6, 6.07) is 0. The fourth-order valence-corrected chi connectivity index (χ4v) is 5.69. The van der Waals surface area contributed by atoms with Crippen LogP contribution in [0, 0.1) is 17.3 Å². The molecule has 2 aliphatic heterocycles. The van der Waals surface area contributed by atoms with Gasteiger partial charge in [-0.1, -0.05) is 6.92 Å². The molecule has 6 heteroatoms. The van der Waals surface area contributed by atoms with Crippen LogP contribution in [0.5, 0.6) is 0 Å². The minimum Gasteiger partial charge on any atom is -0.393 e. The first kappa shape index (κ1) is 20.9. The van der Waals surface area contributed by atoms with Gasteiger partial charge in [0.25, 0.3) is 5.91 Å². The van der Waals surface area contributed by atoms with Crippen molar-refractivity contribution in [3.63, 3.8) is 0 Å². The lowest BCUT2D eigenvalue weighted by Crippen LogP contribution is -2.40. The summed E-state index contributed by atoms with van der Waals surface area (Å²) in [5.74, 6) is 1.29. The molecule has 2 N–H and O–H groups in total. The molecule has 1 saturated carbocycles. The largest absolute Gasteiger partial charge is 0.393 e. The van der Waals surface area contributed by atoms with E-state index in [0.29, 0.717) is 11.8 Å². The van der Waals surface area contributed by atoms with Gasteiger partial charge in [0.1, 0.15) is 5.69 Å². The van der Waals surface area contributed by atoms with Crippen LogP contribution in [0.4, 0.5) is 0 Å². The van der Waals surface area contributed by atoms with E-state index < -0.39 is 0 Å². The van der Waals surface area contributed by atoms with Gasteiger partial charge in [0, 0.05) is 31.9 Å². The number of aryl methyl sites for hydroxylation is 1. The minimum atomic E-state index is -0.0910. The molecule has 2 fully saturated rings. The Labute approximate surface area is 174 Å². The van der Waals surface area contributed by atoms with E-state index in [2.05, 4.69) is 19.2 Å². The van der Waals surface area contributed by atoms with Crippen molar-refractivity contribution >= 4 is 5.91 Å². The number of fused-ring (bicyclic) bond motifs is 1. The Bertz CT molecular complexity index is 715. The Kier molecular flexibility index (Phi) is 6.30. The topological polar surface area (TPSA) is 76.4 Å². The molecule has 1 aromatic rings. The van der Waals surface area contributed by atoms with Crippen LogP contribution in [-0.2, 0) is 24.1 Å². The number of rotatable bonds is 5. The van der Waals surface area contributed by atoms with Gasteiger partial charge in [0.05, 0.1) is 11.8 Å². The zero-order chi connectivity index (χ0) is 20.4. The highest BCUT2D eigenvalue weighted by molar-refractivity contribution is 5.94. The summed E-state index contributed by atoms with van der Waals surface area (Å²) in [5, 5.41) is 17.9. The zero-order valence-corrected chi connectivity index (χ0v) is 18.1. The normalized spacial score (nSPS) is 27.9. The van der Waals surface area contributed by atoms with Gasteiger partial charge in [-0.15, -0.1) is 0 Å². The Morgan fingerprint density at radius 3 is 2.69 bits per heavy atom. The van der Waals surface area contributed by atoms with E-state index in [1.807, 2.05) is 4.68 Å². The number of aliphatic hydroxyl groups is 1. The first-order valence-electron chi connectivity index (χ1n) is 11.6. The fraction of sp³-hybridized carbons (Fsp3) is 0.826. The molecule has 0 aromatic carbocycles. The molecule has 0 bridgehead atoms. The smallest absolute Gasteiger partial charge is 0.269 e. The number of carbonyl (C=O) groups is 1. The highest BCUT2D eigenvalue weighted by Crippen LogP contribution is 2.38. The number of ether oxygens (including phenoxy) is 1. The predicted octanol–water partition coefficient (Wildman–Crippen LogP) is 3.11. The van der Waals surface area contributed by atoms with Gasteiger partial charge in [0.15, 0.2) is 0 Å². The minimum absolute atomic E-state index is 0.0397. The second-order valence-electron chi connectivity index (χ2n) is 9.78. The fourth-order valence-electron chi connectivity index (χ4n) is 5.69. The average Bonchev–Trinajstić information content (AvgIpc) is 2.98. The van der Waals surface area contributed by atoms with E-state index in [1.54, 1.807) is 0 Å². The number of carbonyl (C=O) groups excluding carboxylic acids is 1. The van der Waals surface area contributed by atoms with Gasteiger partial charge in [0.2, 0.25) is 0 Å². The molecule has 29 heavy (non-hydrogen) atoms. The third kappa shape index (κ3) is 4.53. The van der Waals surface area contributed by atoms with E-state index in [1.165, 1.54) is 12.0 Å². The monoisotopic (exact) mass is 403 g/mol. The van der Waals surface area contributed by atoms with Crippen molar-refractivity contribution in [3.8, 4) is 0 Å². The van der Waals surface area contributed by atoms with Gasteiger partial charge in [-0.3, -0.25) is 9.48 Å². The number of hydrogen-bond acceptors (Lipinski definition) is 4. The molecule has 4 rings (SSSR count). The third-order valence-electron chi connectivity index (χ3n) is 7.47. The van der Waals surface area contributed by atoms with Crippen LogP contribution in [-0.4, -0.2) is 46.7 Å². The Morgan fingerprint density at radius 1 is 1.28 bits per heavy atom. The van der Waals surface area contributed by atoms with Crippen LogP contribution in [0.2, 0.25) is 0 Å². The van der Waals surface area contributed by atoms with Crippen molar-refractivity contribution in [2.45, 2.75) is 84.3 Å². The molecule has 1 atom stereocenters. The molecule has 1 aliphatic carbocycles. The zero-order valence-electron chi connectivity index (χ0n) is 18.1. The Hall–Kier alpha value is -1.40. The molecule has 3 heterocycles. The number of nitrogens with zero attached hydrogens (tertiary/aromatic N) is 2. The van der Waals surface area contributed by atoms with Gasteiger partial charge < -0.3 is 15.2 Å². The summed E-state index contributed by atoms with van der Waals surface area (Å²) < 4.78 is 7.53. The number of aromatic nitrogens is 2. The van der Waals surface area contributed by atoms with Crippen LogP contribution < -0.4 is 5.32 Å². The second kappa shape index (κ2) is 8.76. The summed E-state index contributed by atoms with van der Waals surface area (Å²) in [7, 11) is 0. The SMILES string of the molecule is CCn1nc(C[C@H](C)CC2CCC(O)CC2)c2c1C(=O)NCC1(CCOCC1)C2. The molecule has 1 amide bonds. The predicted molar refractivity (Wildman–Crippen MR) is 112 cm³/mol. The number of amides is 1. The molecule has 1 saturated heterocycles. The summed E-state index contributed by atoms with van der Waals surface area (Å²) >= 11 is 0. The van der Waals surface area contributed by atoms with Crippen LogP contribution in [0.3, 0.4) is 0 Å². The van der Waals surface area contributed by atoms with Crippen molar-refractivity contribution < 1.29 is 14.6 Å². The lowest BCUT2D eigenvalue weighted by atomic mass is 9.75. The molecule has 1 spiro atoms. The van der Waals surface area contributed by atoms with Gasteiger partial charge in [-0.2, -0.15) is 5.10 Å². The molecule has 0 unspecified atom stereocenters. The first-order valence-corrected chi connectivity index (χ1v) is 11.6. The Balaban J connectivity index is 1.54. The van der Waals surface area contributed by atoms with Crippen molar-refractivity contribution in [1.82, 2.24) is 15.1 Å².